The van der Waals surface area contributed by atoms with E-state index in [2.05, 4.69) is 20.3 Å². The molecule has 0 atom stereocenters. The maximum atomic E-state index is 12.6. The number of sulfonamides is 1. The summed E-state index contributed by atoms with van der Waals surface area (Å²) in [4.78, 5) is 23.6. The number of carbonyl (C=O) groups is 2. The molecule has 0 aliphatic heterocycles. The number of hydrogen-bond donors (Lipinski definition) is 2. The zero-order valence-electron chi connectivity index (χ0n) is 14.9. The normalized spacial score (nSPS) is 11.4. The van der Waals surface area contributed by atoms with Crippen LogP contribution < -0.4 is 5.32 Å². The average molecular weight is 380 g/mol. The van der Waals surface area contributed by atoms with Crippen LogP contribution in [0.4, 0.5) is 5.69 Å². The van der Waals surface area contributed by atoms with Crippen LogP contribution in [0, 0.1) is 13.8 Å². The molecular weight excluding hydrogens is 360 g/mol. The first-order valence-corrected chi connectivity index (χ1v) is 9.07. The molecule has 10 heteroatoms. The minimum absolute atomic E-state index is 0.0650. The lowest BCUT2D eigenvalue weighted by atomic mass is 10.2. The second kappa shape index (κ2) is 7.67. The summed E-state index contributed by atoms with van der Waals surface area (Å²) in [5.74, 6) is -1.000. The van der Waals surface area contributed by atoms with E-state index in [9.17, 15) is 18.0 Å². The van der Waals surface area contributed by atoms with Gasteiger partial charge in [-0.15, -0.1) is 0 Å². The fourth-order valence-electron chi connectivity index (χ4n) is 2.37. The molecular formula is C16H20N4O5S. The van der Waals surface area contributed by atoms with Crippen molar-refractivity contribution < 1.29 is 22.7 Å². The number of amides is 1. The molecule has 0 unspecified atom stereocenters. The lowest BCUT2D eigenvalue weighted by Crippen LogP contribution is -2.35. The van der Waals surface area contributed by atoms with E-state index in [1.807, 2.05) is 0 Å². The van der Waals surface area contributed by atoms with Gasteiger partial charge < -0.3 is 10.1 Å². The Labute approximate surface area is 151 Å². The SMILES string of the molecule is COC(=O)c1ccc(NC(=O)CN(C)S(=O)(=O)c2c(C)n[nH]c2C)cc1. The van der Waals surface area contributed by atoms with Gasteiger partial charge in [0.15, 0.2) is 0 Å². The number of nitrogens with one attached hydrogen (secondary N) is 2. The van der Waals surface area contributed by atoms with Crippen LogP contribution in [0.5, 0.6) is 0 Å². The van der Waals surface area contributed by atoms with Gasteiger partial charge in [0.25, 0.3) is 0 Å². The molecule has 2 N–H and O–H groups in total. The summed E-state index contributed by atoms with van der Waals surface area (Å²) in [5.41, 5.74) is 1.53. The van der Waals surface area contributed by atoms with E-state index < -0.39 is 21.9 Å². The first-order valence-electron chi connectivity index (χ1n) is 7.63. The largest absolute Gasteiger partial charge is 0.465 e. The molecule has 2 rings (SSSR count). The van der Waals surface area contributed by atoms with Crippen LogP contribution in [-0.2, 0) is 19.6 Å². The molecule has 0 spiro atoms. The van der Waals surface area contributed by atoms with Gasteiger partial charge in [-0.2, -0.15) is 9.40 Å². The number of nitrogens with zero attached hydrogens (tertiary/aromatic N) is 2. The summed E-state index contributed by atoms with van der Waals surface area (Å²) in [5, 5.41) is 9.07. The first kappa shape index (κ1) is 19.6. The number of aromatic nitrogens is 2. The van der Waals surface area contributed by atoms with E-state index in [-0.39, 0.29) is 11.4 Å². The summed E-state index contributed by atoms with van der Waals surface area (Å²) in [6, 6.07) is 6.06. The zero-order valence-corrected chi connectivity index (χ0v) is 15.7. The molecule has 0 fully saturated rings. The number of carbonyl (C=O) groups excluding carboxylic acids is 2. The summed E-state index contributed by atoms with van der Waals surface area (Å²) in [7, 11) is -1.25. The van der Waals surface area contributed by atoms with Crippen molar-refractivity contribution in [3.8, 4) is 0 Å². The highest BCUT2D eigenvalue weighted by atomic mass is 32.2. The van der Waals surface area contributed by atoms with Crippen molar-refractivity contribution in [2.75, 3.05) is 26.0 Å². The lowest BCUT2D eigenvalue weighted by molar-refractivity contribution is -0.116. The number of esters is 1. The number of methoxy groups -OCH3 is 1. The molecule has 0 saturated heterocycles. The summed E-state index contributed by atoms with van der Waals surface area (Å²) in [6.07, 6.45) is 0. The van der Waals surface area contributed by atoms with Crippen LogP contribution in [0.1, 0.15) is 21.7 Å². The number of aryl methyl sites for hydroxylation is 2. The average Bonchev–Trinajstić information content (AvgIpc) is 2.93. The van der Waals surface area contributed by atoms with Crippen molar-refractivity contribution >= 4 is 27.6 Å². The highest BCUT2D eigenvalue weighted by molar-refractivity contribution is 7.89. The number of rotatable bonds is 6. The molecule has 2 aromatic rings. The van der Waals surface area contributed by atoms with Crippen LogP contribution in [-0.4, -0.2) is 55.5 Å². The molecule has 1 aromatic heterocycles. The van der Waals surface area contributed by atoms with E-state index in [0.29, 0.717) is 22.6 Å². The Morgan fingerprint density at radius 3 is 2.35 bits per heavy atom. The van der Waals surface area contributed by atoms with Gasteiger partial charge in [-0.1, -0.05) is 0 Å². The van der Waals surface area contributed by atoms with Crippen molar-refractivity contribution in [3.05, 3.63) is 41.2 Å². The van der Waals surface area contributed by atoms with Crippen molar-refractivity contribution in [2.24, 2.45) is 0 Å². The van der Waals surface area contributed by atoms with Crippen molar-refractivity contribution in [1.29, 1.82) is 0 Å². The maximum Gasteiger partial charge on any atom is 0.337 e. The molecule has 0 saturated carbocycles. The Kier molecular flexibility index (Phi) is 5.78. The van der Waals surface area contributed by atoms with Gasteiger partial charge in [-0.05, 0) is 38.1 Å². The predicted octanol–water partition coefficient (Wildman–Crippen LogP) is 1.07. The third kappa shape index (κ3) is 4.09. The summed E-state index contributed by atoms with van der Waals surface area (Å²) < 4.78 is 30.8. The van der Waals surface area contributed by atoms with Gasteiger partial charge >= 0.3 is 5.97 Å². The van der Waals surface area contributed by atoms with E-state index in [1.165, 1.54) is 38.4 Å². The standard InChI is InChI=1S/C16H20N4O5S/c1-10-15(11(2)19-18-10)26(23,24)20(3)9-14(21)17-13-7-5-12(6-8-13)16(22)25-4/h5-8H,9H2,1-4H3,(H,17,21)(H,18,19). The van der Waals surface area contributed by atoms with Gasteiger partial charge in [-0.3, -0.25) is 9.89 Å². The number of likely N-dealkylation sites (N-methyl/N-ethyl adjacent to an activating group) is 1. The van der Waals surface area contributed by atoms with E-state index in [1.54, 1.807) is 13.8 Å². The van der Waals surface area contributed by atoms with Crippen LogP contribution in [0.15, 0.2) is 29.2 Å². The van der Waals surface area contributed by atoms with E-state index >= 15 is 0 Å². The van der Waals surface area contributed by atoms with E-state index in [0.717, 1.165) is 4.31 Å². The van der Waals surface area contributed by atoms with E-state index in [4.69, 9.17) is 0 Å². The zero-order chi connectivity index (χ0) is 19.5. The molecule has 0 aliphatic rings. The van der Waals surface area contributed by atoms with Crippen LogP contribution in [0.2, 0.25) is 0 Å². The second-order valence-electron chi connectivity index (χ2n) is 5.64. The van der Waals surface area contributed by atoms with Gasteiger partial charge in [0, 0.05) is 12.7 Å². The fourth-order valence-corrected chi connectivity index (χ4v) is 3.82. The van der Waals surface area contributed by atoms with Crippen LogP contribution in [0.25, 0.3) is 0 Å². The molecule has 1 aromatic carbocycles. The smallest absolute Gasteiger partial charge is 0.337 e. The quantitative estimate of drug-likeness (QED) is 0.723. The van der Waals surface area contributed by atoms with Crippen molar-refractivity contribution in [3.63, 3.8) is 0 Å². The molecule has 9 nitrogen and oxygen atoms in total. The molecule has 140 valence electrons. The highest BCUT2D eigenvalue weighted by Crippen LogP contribution is 2.20. The Morgan fingerprint density at radius 2 is 1.85 bits per heavy atom. The fraction of sp³-hybridized carbons (Fsp3) is 0.312. The van der Waals surface area contributed by atoms with Gasteiger partial charge in [0.2, 0.25) is 15.9 Å². The molecule has 0 aliphatic carbocycles. The topological polar surface area (TPSA) is 121 Å². The van der Waals surface area contributed by atoms with Crippen LogP contribution >= 0.6 is 0 Å². The highest BCUT2D eigenvalue weighted by Gasteiger charge is 2.28. The minimum Gasteiger partial charge on any atom is -0.465 e. The first-order chi connectivity index (χ1) is 12.2. The van der Waals surface area contributed by atoms with Crippen LogP contribution in [0.3, 0.4) is 0 Å². The van der Waals surface area contributed by atoms with Crippen molar-refractivity contribution in [1.82, 2.24) is 14.5 Å². The third-order valence-electron chi connectivity index (χ3n) is 3.68. The maximum absolute atomic E-state index is 12.6. The second-order valence-corrected chi connectivity index (χ2v) is 7.62. The number of benzene rings is 1. The van der Waals surface area contributed by atoms with Gasteiger partial charge in [-0.25, -0.2) is 13.2 Å². The van der Waals surface area contributed by atoms with Crippen molar-refractivity contribution in [2.45, 2.75) is 18.7 Å². The molecule has 1 heterocycles. The number of aromatic amines is 1. The molecule has 0 radical (unpaired) electrons. The third-order valence-corrected chi connectivity index (χ3v) is 5.75. The Bertz CT molecular complexity index is 899. The molecule has 26 heavy (non-hydrogen) atoms. The van der Waals surface area contributed by atoms with Gasteiger partial charge in [0.1, 0.15) is 4.90 Å². The number of H-pyrrole nitrogens is 1. The molecule has 0 bridgehead atoms. The predicted molar refractivity (Wildman–Crippen MR) is 94.3 cm³/mol. The number of anilines is 1. The number of ether oxygens (including phenoxy) is 1. The summed E-state index contributed by atoms with van der Waals surface area (Å²) >= 11 is 0. The van der Waals surface area contributed by atoms with Gasteiger partial charge in [0.05, 0.1) is 30.6 Å². The Balaban J connectivity index is 2.06. The Morgan fingerprint density at radius 1 is 1.23 bits per heavy atom. The Hall–Kier alpha value is -2.72. The minimum atomic E-state index is -3.85. The molecule has 1 amide bonds. The number of hydrogen-bond acceptors (Lipinski definition) is 6. The lowest BCUT2D eigenvalue weighted by Gasteiger charge is -2.17. The summed E-state index contributed by atoms with van der Waals surface area (Å²) in [6.45, 7) is 2.81. The monoisotopic (exact) mass is 380 g/mol.